The number of phenols is 1. The standard InChI is InChI=1S/C15H16O3/c1-11-8-12(6-7-15(11)17-2)10-18-14-5-3-4-13(16)9-14/h3-9,16H,10H2,1-2H3. The molecule has 0 aliphatic carbocycles. The number of aromatic hydroxyl groups is 1. The monoisotopic (exact) mass is 244 g/mol. The first-order valence-electron chi connectivity index (χ1n) is 5.74. The molecule has 2 aromatic rings. The van der Waals surface area contributed by atoms with Crippen LogP contribution in [0.5, 0.6) is 17.2 Å². The lowest BCUT2D eigenvalue weighted by molar-refractivity contribution is 0.304. The van der Waals surface area contributed by atoms with E-state index in [2.05, 4.69) is 0 Å². The lowest BCUT2D eigenvalue weighted by Crippen LogP contribution is -1.96. The topological polar surface area (TPSA) is 38.7 Å². The number of aryl methyl sites for hydroxylation is 1. The van der Waals surface area contributed by atoms with E-state index >= 15 is 0 Å². The Hall–Kier alpha value is -2.16. The highest BCUT2D eigenvalue weighted by Gasteiger charge is 2.01. The van der Waals surface area contributed by atoms with Gasteiger partial charge in [0.05, 0.1) is 7.11 Å². The molecule has 3 nitrogen and oxygen atoms in total. The third kappa shape index (κ3) is 2.94. The van der Waals surface area contributed by atoms with Gasteiger partial charge < -0.3 is 14.6 Å². The first kappa shape index (κ1) is 12.3. The van der Waals surface area contributed by atoms with E-state index in [-0.39, 0.29) is 5.75 Å². The number of ether oxygens (including phenoxy) is 2. The van der Waals surface area contributed by atoms with E-state index in [0.717, 1.165) is 16.9 Å². The Morgan fingerprint density at radius 1 is 1.11 bits per heavy atom. The summed E-state index contributed by atoms with van der Waals surface area (Å²) in [5.74, 6) is 1.73. The molecule has 0 fully saturated rings. The highest BCUT2D eigenvalue weighted by molar-refractivity contribution is 5.36. The molecule has 0 unspecified atom stereocenters. The second kappa shape index (κ2) is 5.45. The number of methoxy groups -OCH3 is 1. The molecule has 0 heterocycles. The van der Waals surface area contributed by atoms with Crippen LogP contribution in [0.25, 0.3) is 0 Å². The Kier molecular flexibility index (Phi) is 3.72. The summed E-state index contributed by atoms with van der Waals surface area (Å²) in [7, 11) is 1.66. The average molecular weight is 244 g/mol. The van der Waals surface area contributed by atoms with Gasteiger partial charge in [-0.1, -0.05) is 12.1 Å². The van der Waals surface area contributed by atoms with Gasteiger partial charge in [0.2, 0.25) is 0 Å². The van der Waals surface area contributed by atoms with Gasteiger partial charge in [-0.2, -0.15) is 0 Å². The van der Waals surface area contributed by atoms with E-state index in [1.54, 1.807) is 25.3 Å². The molecule has 94 valence electrons. The highest BCUT2D eigenvalue weighted by Crippen LogP contribution is 2.21. The van der Waals surface area contributed by atoms with Crippen molar-refractivity contribution in [3.8, 4) is 17.2 Å². The van der Waals surface area contributed by atoms with Crippen molar-refractivity contribution in [2.45, 2.75) is 13.5 Å². The quantitative estimate of drug-likeness (QED) is 0.897. The van der Waals surface area contributed by atoms with Crippen LogP contribution in [0, 0.1) is 6.92 Å². The zero-order valence-corrected chi connectivity index (χ0v) is 10.5. The normalized spacial score (nSPS) is 10.1. The molecule has 0 saturated carbocycles. The number of phenolic OH excluding ortho intramolecular Hbond substituents is 1. The minimum absolute atomic E-state index is 0.207. The van der Waals surface area contributed by atoms with Crippen LogP contribution in [0.3, 0.4) is 0 Å². The highest BCUT2D eigenvalue weighted by atomic mass is 16.5. The van der Waals surface area contributed by atoms with Crippen LogP contribution in [0.2, 0.25) is 0 Å². The summed E-state index contributed by atoms with van der Waals surface area (Å²) in [6.45, 7) is 2.46. The predicted octanol–water partition coefficient (Wildman–Crippen LogP) is 3.29. The maximum Gasteiger partial charge on any atom is 0.123 e. The van der Waals surface area contributed by atoms with Crippen molar-refractivity contribution in [1.82, 2.24) is 0 Å². The molecule has 0 aliphatic rings. The van der Waals surface area contributed by atoms with Crippen molar-refractivity contribution in [2.24, 2.45) is 0 Å². The maximum atomic E-state index is 9.33. The van der Waals surface area contributed by atoms with Gasteiger partial charge in [0.1, 0.15) is 23.9 Å². The van der Waals surface area contributed by atoms with Crippen molar-refractivity contribution in [2.75, 3.05) is 7.11 Å². The molecule has 0 aliphatic heterocycles. The van der Waals surface area contributed by atoms with Gasteiger partial charge in [0.15, 0.2) is 0 Å². The molecule has 3 heteroatoms. The van der Waals surface area contributed by atoms with E-state index in [4.69, 9.17) is 9.47 Å². The van der Waals surface area contributed by atoms with Crippen molar-refractivity contribution >= 4 is 0 Å². The molecular weight excluding hydrogens is 228 g/mol. The van der Waals surface area contributed by atoms with E-state index in [0.29, 0.717) is 12.4 Å². The Bertz CT molecular complexity index is 535. The molecule has 0 spiro atoms. The molecular formula is C15H16O3. The second-order valence-corrected chi connectivity index (χ2v) is 4.09. The third-order valence-electron chi connectivity index (χ3n) is 2.68. The van der Waals surface area contributed by atoms with Crippen molar-refractivity contribution in [1.29, 1.82) is 0 Å². The summed E-state index contributed by atoms with van der Waals surface area (Å²) in [5.41, 5.74) is 2.14. The lowest BCUT2D eigenvalue weighted by Gasteiger charge is -2.09. The summed E-state index contributed by atoms with van der Waals surface area (Å²) in [6, 6.07) is 12.7. The first-order valence-corrected chi connectivity index (χ1v) is 5.74. The van der Waals surface area contributed by atoms with Crippen LogP contribution in [-0.4, -0.2) is 12.2 Å². The molecule has 0 amide bonds. The number of rotatable bonds is 4. The number of hydrogen-bond donors (Lipinski definition) is 1. The van der Waals surface area contributed by atoms with Crippen LogP contribution in [0.4, 0.5) is 0 Å². The summed E-state index contributed by atoms with van der Waals surface area (Å²) in [4.78, 5) is 0. The Labute approximate surface area is 107 Å². The largest absolute Gasteiger partial charge is 0.508 e. The van der Waals surface area contributed by atoms with Crippen molar-refractivity contribution < 1.29 is 14.6 Å². The molecule has 0 radical (unpaired) electrons. The minimum Gasteiger partial charge on any atom is -0.508 e. The summed E-state index contributed by atoms with van der Waals surface area (Å²) >= 11 is 0. The maximum absolute atomic E-state index is 9.33. The zero-order valence-electron chi connectivity index (χ0n) is 10.5. The fraction of sp³-hybridized carbons (Fsp3) is 0.200. The Balaban J connectivity index is 2.04. The molecule has 1 N–H and O–H groups in total. The molecule has 0 saturated heterocycles. The van der Waals surface area contributed by atoms with E-state index < -0.39 is 0 Å². The SMILES string of the molecule is COc1ccc(COc2cccc(O)c2)cc1C. The fourth-order valence-electron chi connectivity index (χ4n) is 1.77. The van der Waals surface area contributed by atoms with E-state index in [9.17, 15) is 5.11 Å². The van der Waals surface area contributed by atoms with Gasteiger partial charge >= 0.3 is 0 Å². The fourth-order valence-corrected chi connectivity index (χ4v) is 1.77. The van der Waals surface area contributed by atoms with Crippen LogP contribution in [0.1, 0.15) is 11.1 Å². The third-order valence-corrected chi connectivity index (χ3v) is 2.68. The smallest absolute Gasteiger partial charge is 0.123 e. The van der Waals surface area contributed by atoms with Crippen LogP contribution < -0.4 is 9.47 Å². The number of hydrogen-bond acceptors (Lipinski definition) is 3. The molecule has 0 atom stereocenters. The van der Waals surface area contributed by atoms with Gasteiger partial charge in [0.25, 0.3) is 0 Å². The van der Waals surface area contributed by atoms with Gasteiger partial charge in [-0.15, -0.1) is 0 Å². The molecule has 0 bridgehead atoms. The molecule has 0 aromatic heterocycles. The van der Waals surface area contributed by atoms with Gasteiger partial charge in [-0.3, -0.25) is 0 Å². The van der Waals surface area contributed by atoms with Crippen LogP contribution in [0.15, 0.2) is 42.5 Å². The summed E-state index contributed by atoms with van der Waals surface area (Å²) in [5, 5.41) is 9.33. The van der Waals surface area contributed by atoms with Crippen molar-refractivity contribution in [3.05, 3.63) is 53.6 Å². The van der Waals surface area contributed by atoms with Crippen molar-refractivity contribution in [3.63, 3.8) is 0 Å². The van der Waals surface area contributed by atoms with Gasteiger partial charge in [-0.25, -0.2) is 0 Å². The molecule has 2 rings (SSSR count). The van der Waals surface area contributed by atoms with E-state index in [1.807, 2.05) is 31.2 Å². The molecule has 18 heavy (non-hydrogen) atoms. The minimum atomic E-state index is 0.207. The predicted molar refractivity (Wildman–Crippen MR) is 70.2 cm³/mol. The van der Waals surface area contributed by atoms with E-state index in [1.165, 1.54) is 0 Å². The summed E-state index contributed by atoms with van der Waals surface area (Å²) in [6.07, 6.45) is 0. The summed E-state index contributed by atoms with van der Waals surface area (Å²) < 4.78 is 10.8. The first-order chi connectivity index (χ1) is 8.69. The second-order valence-electron chi connectivity index (χ2n) is 4.09. The van der Waals surface area contributed by atoms with Gasteiger partial charge in [-0.05, 0) is 42.3 Å². The average Bonchev–Trinajstić information content (AvgIpc) is 2.37. The Morgan fingerprint density at radius 3 is 2.61 bits per heavy atom. The van der Waals surface area contributed by atoms with Gasteiger partial charge in [0, 0.05) is 6.07 Å². The Morgan fingerprint density at radius 2 is 1.94 bits per heavy atom. The molecule has 2 aromatic carbocycles. The lowest BCUT2D eigenvalue weighted by atomic mass is 10.1. The van der Waals surface area contributed by atoms with Crippen LogP contribution in [-0.2, 0) is 6.61 Å². The van der Waals surface area contributed by atoms with Crippen LogP contribution >= 0.6 is 0 Å². The number of benzene rings is 2. The zero-order chi connectivity index (χ0) is 13.0.